The van der Waals surface area contributed by atoms with Gasteiger partial charge >= 0.3 is 0 Å². The van der Waals surface area contributed by atoms with Gasteiger partial charge in [0.2, 0.25) is 5.91 Å². The number of piperidine rings is 1. The van der Waals surface area contributed by atoms with Crippen LogP contribution in [0.25, 0.3) is 6.08 Å². The van der Waals surface area contributed by atoms with Gasteiger partial charge in [0.1, 0.15) is 5.82 Å². The van der Waals surface area contributed by atoms with Gasteiger partial charge < -0.3 is 10.2 Å². The molecule has 3 aromatic rings. The van der Waals surface area contributed by atoms with Crippen molar-refractivity contribution in [2.45, 2.75) is 25.3 Å². The highest BCUT2D eigenvalue weighted by atomic mass is 32.1. The Morgan fingerprint density at radius 2 is 2.00 bits per heavy atom. The molecule has 1 fully saturated rings. The van der Waals surface area contributed by atoms with Gasteiger partial charge in [-0.15, -0.1) is 11.3 Å². The number of hydrogen-bond acceptors (Lipinski definition) is 6. The van der Waals surface area contributed by atoms with Crippen LogP contribution in [0, 0.1) is 23.1 Å². The Bertz CT molecular complexity index is 1240. The molecule has 1 aliphatic heterocycles. The van der Waals surface area contributed by atoms with E-state index in [1.807, 2.05) is 11.4 Å². The number of carbonyl (C=O) groups is 2. The van der Waals surface area contributed by atoms with Gasteiger partial charge in [-0.3, -0.25) is 9.59 Å². The number of halogens is 1. The quantitative estimate of drug-likeness (QED) is 0.344. The summed E-state index contributed by atoms with van der Waals surface area (Å²) >= 11 is 1.52. The number of Topliss-reactive ketones (excluding diaryl/α,β-unsaturated/α-hetero) is 1. The molecule has 1 N–H and O–H groups in total. The highest BCUT2D eigenvalue weighted by molar-refractivity contribution is 7.07. The monoisotopic (exact) mass is 502 g/mol. The molecule has 0 radical (unpaired) electrons. The predicted molar refractivity (Wildman–Crippen MR) is 138 cm³/mol. The first kappa shape index (κ1) is 25.4. The topological polar surface area (TPSA) is 86.1 Å². The molecule has 4 rings (SSSR count). The van der Waals surface area contributed by atoms with Gasteiger partial charge in [-0.25, -0.2) is 9.37 Å². The van der Waals surface area contributed by atoms with Crippen LogP contribution in [0.2, 0.25) is 0 Å². The molecule has 2 aromatic carbocycles. The van der Waals surface area contributed by atoms with E-state index in [-0.39, 0.29) is 29.5 Å². The fraction of sp³-hybridized carbons (Fsp3) is 0.286. The molecule has 1 aromatic heterocycles. The summed E-state index contributed by atoms with van der Waals surface area (Å²) in [6, 6.07) is 14.8. The lowest BCUT2D eigenvalue weighted by Gasteiger charge is -2.33. The first-order valence-corrected chi connectivity index (χ1v) is 12.8. The number of carbonyl (C=O) groups excluding carboxylic acids is 2. The van der Waals surface area contributed by atoms with Crippen LogP contribution in [0.4, 0.5) is 4.39 Å². The Morgan fingerprint density at radius 1 is 1.22 bits per heavy atom. The molecule has 2 heterocycles. The van der Waals surface area contributed by atoms with Gasteiger partial charge in [-0.05, 0) is 74.0 Å². The zero-order valence-electron chi connectivity index (χ0n) is 19.8. The molecule has 184 valence electrons. The first-order valence-electron chi connectivity index (χ1n) is 11.9. The second kappa shape index (κ2) is 12.3. The van der Waals surface area contributed by atoms with E-state index in [4.69, 9.17) is 5.26 Å². The summed E-state index contributed by atoms with van der Waals surface area (Å²) in [7, 11) is 0. The molecule has 0 spiro atoms. The van der Waals surface area contributed by atoms with Crippen LogP contribution in [-0.2, 0) is 11.2 Å². The van der Waals surface area contributed by atoms with Crippen molar-refractivity contribution in [2.24, 2.45) is 5.92 Å². The van der Waals surface area contributed by atoms with Crippen molar-refractivity contribution in [3.63, 3.8) is 0 Å². The molecule has 0 aliphatic carbocycles. The molecule has 1 saturated heterocycles. The minimum Gasteiger partial charge on any atom is -0.348 e. The molecular weight excluding hydrogens is 475 g/mol. The van der Waals surface area contributed by atoms with E-state index >= 15 is 0 Å². The van der Waals surface area contributed by atoms with Crippen LogP contribution in [0.15, 0.2) is 65.5 Å². The lowest BCUT2D eigenvalue weighted by atomic mass is 9.88. The van der Waals surface area contributed by atoms with E-state index < -0.39 is 0 Å². The van der Waals surface area contributed by atoms with Gasteiger partial charge in [0.05, 0.1) is 22.8 Å². The van der Waals surface area contributed by atoms with Crippen LogP contribution in [0.3, 0.4) is 0 Å². The predicted octanol–water partition coefficient (Wildman–Crippen LogP) is 4.49. The van der Waals surface area contributed by atoms with Gasteiger partial charge in [0, 0.05) is 41.9 Å². The molecule has 0 saturated carbocycles. The van der Waals surface area contributed by atoms with Crippen LogP contribution in [0.5, 0.6) is 0 Å². The van der Waals surface area contributed by atoms with Crippen molar-refractivity contribution in [3.8, 4) is 6.07 Å². The van der Waals surface area contributed by atoms with E-state index in [0.717, 1.165) is 37.2 Å². The molecule has 1 atom stereocenters. The summed E-state index contributed by atoms with van der Waals surface area (Å²) in [6.07, 6.45) is 5.24. The number of hydrogen-bond donors (Lipinski definition) is 1. The summed E-state index contributed by atoms with van der Waals surface area (Å²) in [5, 5.41) is 14.1. The van der Waals surface area contributed by atoms with Gasteiger partial charge in [-0.2, -0.15) is 5.26 Å². The third-order valence-corrected chi connectivity index (χ3v) is 6.93. The minimum absolute atomic E-state index is 0.0626. The number of rotatable bonds is 9. The Hall–Kier alpha value is -3.67. The van der Waals surface area contributed by atoms with E-state index in [1.54, 1.807) is 41.9 Å². The van der Waals surface area contributed by atoms with Crippen LogP contribution in [0.1, 0.15) is 40.0 Å². The zero-order valence-corrected chi connectivity index (χ0v) is 20.6. The lowest BCUT2D eigenvalue weighted by molar-refractivity contribution is -0.117. The third kappa shape index (κ3) is 7.17. The highest BCUT2D eigenvalue weighted by Gasteiger charge is 2.27. The normalized spacial score (nSPS) is 15.4. The maximum absolute atomic E-state index is 13.2. The Morgan fingerprint density at radius 3 is 2.69 bits per heavy atom. The number of benzene rings is 2. The average Bonchev–Trinajstić information content (AvgIpc) is 3.41. The fourth-order valence-corrected chi connectivity index (χ4v) is 5.00. The Labute approximate surface area is 214 Å². The van der Waals surface area contributed by atoms with Crippen molar-refractivity contribution >= 4 is 29.1 Å². The molecule has 36 heavy (non-hydrogen) atoms. The smallest absolute Gasteiger partial charge is 0.244 e. The highest BCUT2D eigenvalue weighted by Crippen LogP contribution is 2.22. The number of nitriles is 1. The van der Waals surface area contributed by atoms with Crippen molar-refractivity contribution in [2.75, 3.05) is 19.6 Å². The third-order valence-electron chi connectivity index (χ3n) is 6.29. The standard InChI is InChI=1S/C28H27FN4O2S/c29-24-7-5-22(6-8-24)28(35)23-10-12-33(13-11-23)17-25(15-26-18-36-19-31-26)32-27(34)9-4-20-2-1-3-21(14-20)16-30/h1-9,14,18-19,23,25H,10-13,15,17H2,(H,32,34)/b9-4+. The molecule has 6 nitrogen and oxygen atoms in total. The van der Waals surface area contributed by atoms with E-state index in [9.17, 15) is 14.0 Å². The summed E-state index contributed by atoms with van der Waals surface area (Å²) in [5.41, 5.74) is 4.59. The second-order valence-corrected chi connectivity index (χ2v) is 9.62. The molecule has 1 aliphatic rings. The molecule has 0 bridgehead atoms. The van der Waals surface area contributed by atoms with Crippen molar-refractivity contribution < 1.29 is 14.0 Å². The maximum Gasteiger partial charge on any atom is 0.244 e. The number of likely N-dealkylation sites (tertiary alicyclic amines) is 1. The van der Waals surface area contributed by atoms with E-state index in [0.29, 0.717) is 24.1 Å². The maximum atomic E-state index is 13.2. The molecule has 1 amide bonds. The number of ketones is 1. The van der Waals surface area contributed by atoms with Crippen LogP contribution >= 0.6 is 11.3 Å². The molecular formula is C28H27FN4O2S. The van der Waals surface area contributed by atoms with Gasteiger partial charge in [-0.1, -0.05) is 12.1 Å². The Kier molecular flexibility index (Phi) is 8.71. The first-order chi connectivity index (χ1) is 17.5. The number of amides is 1. The minimum atomic E-state index is -0.347. The number of nitrogens with one attached hydrogen (secondary N) is 1. The number of aromatic nitrogens is 1. The fourth-order valence-electron chi connectivity index (χ4n) is 4.42. The van der Waals surface area contributed by atoms with Gasteiger partial charge in [0.25, 0.3) is 0 Å². The summed E-state index contributed by atoms with van der Waals surface area (Å²) in [5.74, 6) is -0.572. The Balaban J connectivity index is 1.34. The zero-order chi connectivity index (χ0) is 25.3. The van der Waals surface area contributed by atoms with Crippen molar-refractivity contribution in [1.29, 1.82) is 5.26 Å². The van der Waals surface area contributed by atoms with E-state index in [2.05, 4.69) is 21.3 Å². The van der Waals surface area contributed by atoms with Crippen LogP contribution < -0.4 is 5.32 Å². The van der Waals surface area contributed by atoms with E-state index in [1.165, 1.54) is 29.5 Å². The van der Waals surface area contributed by atoms with Gasteiger partial charge in [0.15, 0.2) is 5.78 Å². The number of thiazole rings is 1. The molecule has 8 heteroatoms. The van der Waals surface area contributed by atoms with Crippen molar-refractivity contribution in [3.05, 3.63) is 93.7 Å². The largest absolute Gasteiger partial charge is 0.348 e. The SMILES string of the molecule is N#Cc1cccc(/C=C/C(=O)NC(Cc2cscn2)CN2CCC(C(=O)c3ccc(F)cc3)CC2)c1. The van der Waals surface area contributed by atoms with Crippen molar-refractivity contribution in [1.82, 2.24) is 15.2 Å². The summed E-state index contributed by atoms with van der Waals surface area (Å²) < 4.78 is 13.2. The summed E-state index contributed by atoms with van der Waals surface area (Å²) in [4.78, 5) is 32.1. The second-order valence-electron chi connectivity index (χ2n) is 8.91. The molecule has 1 unspecified atom stereocenters. The average molecular weight is 503 g/mol. The number of nitrogens with zero attached hydrogens (tertiary/aromatic N) is 3. The lowest BCUT2D eigenvalue weighted by Crippen LogP contribution is -2.47. The van der Waals surface area contributed by atoms with Crippen LogP contribution in [-0.4, -0.2) is 47.3 Å². The summed E-state index contributed by atoms with van der Waals surface area (Å²) in [6.45, 7) is 2.15.